The van der Waals surface area contributed by atoms with Crippen LogP contribution in [0.2, 0.25) is 0 Å². The van der Waals surface area contributed by atoms with Crippen LogP contribution in [0.1, 0.15) is 18.9 Å². The Labute approximate surface area is 98.9 Å². The summed E-state index contributed by atoms with van der Waals surface area (Å²) < 4.78 is 12.8. The van der Waals surface area contributed by atoms with E-state index in [4.69, 9.17) is 5.73 Å². The van der Waals surface area contributed by atoms with Gasteiger partial charge in [-0.3, -0.25) is 4.79 Å². The molecule has 0 saturated carbocycles. The summed E-state index contributed by atoms with van der Waals surface area (Å²) in [6.45, 7) is 1.34. The molecule has 0 aliphatic heterocycles. The predicted octanol–water partition coefficient (Wildman–Crippen LogP) is 0.878. The van der Waals surface area contributed by atoms with Gasteiger partial charge in [0.15, 0.2) is 0 Å². The number of nitrogens with two attached hydrogens (primary N) is 1. The van der Waals surface area contributed by atoms with E-state index in [1.807, 2.05) is 0 Å². The van der Waals surface area contributed by atoms with Gasteiger partial charge in [-0.15, -0.1) is 0 Å². The monoisotopic (exact) mass is 241 g/mol. The van der Waals surface area contributed by atoms with E-state index < -0.39 is 23.3 Å². The van der Waals surface area contributed by atoms with Crippen LogP contribution in [-0.2, 0) is 10.2 Å². The number of carboxylic acid groups (broad SMARTS) is 1. The first-order chi connectivity index (χ1) is 7.92. The number of halogens is 1. The standard InChI is InChI=1S/C12H16FNO3/c1-8(15)6-12(7-14,11(16)17)9-2-4-10(13)5-3-9/h2-5,8,15H,6-7,14H2,1H3,(H,16,17). The molecule has 0 saturated heterocycles. The van der Waals surface area contributed by atoms with Crippen molar-refractivity contribution in [1.29, 1.82) is 0 Å². The van der Waals surface area contributed by atoms with Crippen molar-refractivity contribution < 1.29 is 19.4 Å². The molecule has 1 rings (SSSR count). The van der Waals surface area contributed by atoms with Crippen molar-refractivity contribution in [3.8, 4) is 0 Å². The summed E-state index contributed by atoms with van der Waals surface area (Å²) in [7, 11) is 0. The lowest BCUT2D eigenvalue weighted by molar-refractivity contribution is -0.144. The van der Waals surface area contributed by atoms with Crippen molar-refractivity contribution >= 4 is 5.97 Å². The van der Waals surface area contributed by atoms with Gasteiger partial charge in [0.05, 0.1) is 6.10 Å². The highest BCUT2D eigenvalue weighted by atomic mass is 19.1. The van der Waals surface area contributed by atoms with Crippen LogP contribution in [0.4, 0.5) is 4.39 Å². The first-order valence-electron chi connectivity index (χ1n) is 5.30. The van der Waals surface area contributed by atoms with E-state index in [1.54, 1.807) is 0 Å². The molecular weight excluding hydrogens is 225 g/mol. The number of carboxylic acids is 1. The molecule has 0 bridgehead atoms. The fraction of sp³-hybridized carbons (Fsp3) is 0.417. The molecule has 0 radical (unpaired) electrons. The molecule has 4 N–H and O–H groups in total. The topological polar surface area (TPSA) is 83.5 Å². The van der Waals surface area contributed by atoms with Crippen LogP contribution >= 0.6 is 0 Å². The fourth-order valence-electron chi connectivity index (χ4n) is 1.89. The molecular formula is C12H16FNO3. The van der Waals surface area contributed by atoms with Gasteiger partial charge in [-0.2, -0.15) is 0 Å². The molecule has 1 aromatic carbocycles. The Morgan fingerprint density at radius 1 is 1.47 bits per heavy atom. The zero-order chi connectivity index (χ0) is 13.1. The van der Waals surface area contributed by atoms with Gasteiger partial charge < -0.3 is 15.9 Å². The van der Waals surface area contributed by atoms with Crippen LogP contribution in [0.5, 0.6) is 0 Å². The van der Waals surface area contributed by atoms with Gasteiger partial charge in [-0.05, 0) is 31.0 Å². The second-order valence-electron chi connectivity index (χ2n) is 4.15. The Morgan fingerprint density at radius 3 is 2.35 bits per heavy atom. The molecule has 0 aliphatic carbocycles. The normalized spacial score (nSPS) is 16.2. The largest absolute Gasteiger partial charge is 0.481 e. The number of rotatable bonds is 5. The maximum atomic E-state index is 12.8. The first-order valence-corrected chi connectivity index (χ1v) is 5.30. The van der Waals surface area contributed by atoms with E-state index in [1.165, 1.54) is 31.2 Å². The first kappa shape index (κ1) is 13.6. The number of hydrogen-bond donors (Lipinski definition) is 3. The summed E-state index contributed by atoms with van der Waals surface area (Å²) in [5.41, 5.74) is 4.57. The summed E-state index contributed by atoms with van der Waals surface area (Å²) in [5, 5.41) is 18.7. The van der Waals surface area contributed by atoms with E-state index in [0.29, 0.717) is 5.56 Å². The maximum absolute atomic E-state index is 12.8. The van der Waals surface area contributed by atoms with Gasteiger partial charge in [0.1, 0.15) is 11.2 Å². The van der Waals surface area contributed by atoms with Crippen LogP contribution < -0.4 is 5.73 Å². The van der Waals surface area contributed by atoms with E-state index in [-0.39, 0.29) is 13.0 Å². The predicted molar refractivity (Wildman–Crippen MR) is 61.1 cm³/mol. The van der Waals surface area contributed by atoms with E-state index in [0.717, 1.165) is 0 Å². The molecule has 4 nitrogen and oxygen atoms in total. The van der Waals surface area contributed by atoms with Gasteiger partial charge in [0.2, 0.25) is 0 Å². The Bertz CT molecular complexity index is 391. The molecule has 0 aromatic heterocycles. The molecule has 1 aromatic rings. The Hall–Kier alpha value is -1.46. The lowest BCUT2D eigenvalue weighted by Gasteiger charge is -2.29. The average Bonchev–Trinajstić information content (AvgIpc) is 2.26. The number of aliphatic hydroxyl groups is 1. The number of hydrogen-bond acceptors (Lipinski definition) is 3. The molecule has 0 heterocycles. The quantitative estimate of drug-likeness (QED) is 0.714. The van der Waals surface area contributed by atoms with E-state index in [9.17, 15) is 19.4 Å². The average molecular weight is 241 g/mol. The van der Waals surface area contributed by atoms with Crippen LogP contribution in [-0.4, -0.2) is 28.8 Å². The van der Waals surface area contributed by atoms with Crippen molar-refractivity contribution in [2.75, 3.05) is 6.54 Å². The Balaban J connectivity index is 3.21. The minimum absolute atomic E-state index is 0.00946. The van der Waals surface area contributed by atoms with Crippen molar-refractivity contribution in [3.05, 3.63) is 35.6 Å². The van der Waals surface area contributed by atoms with Gasteiger partial charge >= 0.3 is 5.97 Å². The Kier molecular flexibility index (Phi) is 4.20. The van der Waals surface area contributed by atoms with Crippen LogP contribution in [0.15, 0.2) is 24.3 Å². The highest BCUT2D eigenvalue weighted by molar-refractivity contribution is 5.81. The smallest absolute Gasteiger partial charge is 0.315 e. The van der Waals surface area contributed by atoms with E-state index >= 15 is 0 Å². The third-order valence-electron chi connectivity index (χ3n) is 2.80. The number of aliphatic carboxylic acids is 1. The van der Waals surface area contributed by atoms with Crippen LogP contribution in [0, 0.1) is 5.82 Å². The molecule has 0 fully saturated rings. The van der Waals surface area contributed by atoms with Crippen LogP contribution in [0.3, 0.4) is 0 Å². The number of benzene rings is 1. The molecule has 5 heteroatoms. The molecule has 2 atom stereocenters. The number of aliphatic hydroxyl groups excluding tert-OH is 1. The third kappa shape index (κ3) is 2.81. The SMILES string of the molecule is CC(O)CC(CN)(C(=O)O)c1ccc(F)cc1. The summed E-state index contributed by atoms with van der Waals surface area (Å²) in [6, 6.07) is 5.15. The summed E-state index contributed by atoms with van der Waals surface area (Å²) in [4.78, 5) is 11.4. The summed E-state index contributed by atoms with van der Waals surface area (Å²) in [5.74, 6) is -1.56. The van der Waals surface area contributed by atoms with Crippen molar-refractivity contribution in [2.24, 2.45) is 5.73 Å². The van der Waals surface area contributed by atoms with Gasteiger partial charge in [0, 0.05) is 6.54 Å². The zero-order valence-electron chi connectivity index (χ0n) is 9.56. The number of carbonyl (C=O) groups is 1. The zero-order valence-corrected chi connectivity index (χ0v) is 9.56. The third-order valence-corrected chi connectivity index (χ3v) is 2.80. The van der Waals surface area contributed by atoms with Gasteiger partial charge in [0.25, 0.3) is 0 Å². The lowest BCUT2D eigenvalue weighted by atomic mass is 9.76. The van der Waals surface area contributed by atoms with Gasteiger partial charge in [-0.25, -0.2) is 4.39 Å². The highest BCUT2D eigenvalue weighted by Gasteiger charge is 2.40. The van der Waals surface area contributed by atoms with E-state index in [2.05, 4.69) is 0 Å². The summed E-state index contributed by atoms with van der Waals surface area (Å²) >= 11 is 0. The lowest BCUT2D eigenvalue weighted by Crippen LogP contribution is -2.45. The Morgan fingerprint density at radius 2 is 2.00 bits per heavy atom. The second-order valence-corrected chi connectivity index (χ2v) is 4.15. The molecule has 0 amide bonds. The minimum Gasteiger partial charge on any atom is -0.481 e. The fourth-order valence-corrected chi connectivity index (χ4v) is 1.89. The van der Waals surface area contributed by atoms with Crippen LogP contribution in [0.25, 0.3) is 0 Å². The second kappa shape index (κ2) is 5.25. The molecule has 0 spiro atoms. The maximum Gasteiger partial charge on any atom is 0.315 e. The molecule has 2 unspecified atom stereocenters. The van der Waals surface area contributed by atoms with Gasteiger partial charge in [-0.1, -0.05) is 12.1 Å². The van der Waals surface area contributed by atoms with Crippen molar-refractivity contribution in [3.63, 3.8) is 0 Å². The van der Waals surface area contributed by atoms with Crippen molar-refractivity contribution in [2.45, 2.75) is 24.9 Å². The highest BCUT2D eigenvalue weighted by Crippen LogP contribution is 2.29. The minimum atomic E-state index is -1.37. The summed E-state index contributed by atoms with van der Waals surface area (Å²) in [6.07, 6.45) is -0.815. The molecule has 0 aliphatic rings. The molecule has 94 valence electrons. The molecule has 17 heavy (non-hydrogen) atoms. The van der Waals surface area contributed by atoms with Crippen molar-refractivity contribution in [1.82, 2.24) is 0 Å².